The number of alkyl halides is 3. The van der Waals surface area contributed by atoms with E-state index in [9.17, 15) is 55.5 Å². The number of rotatable bonds is 48. The molecular formula is C108H161BF3LiNa2O23S. The number of phenols is 2. The van der Waals surface area contributed by atoms with Crippen LogP contribution in [0.15, 0.2) is 133 Å². The van der Waals surface area contributed by atoms with Crippen molar-refractivity contribution in [2.45, 2.75) is 359 Å². The summed E-state index contributed by atoms with van der Waals surface area (Å²) in [4.78, 5) is 77.8. The average molecular weight is 1980 g/mol. The molecular weight excluding hydrogens is 1820 g/mol. The van der Waals surface area contributed by atoms with E-state index in [-0.39, 0.29) is 163 Å². The number of aryl methyl sites for hydroxylation is 7. The van der Waals surface area contributed by atoms with E-state index < -0.39 is 45.3 Å². The first-order valence-corrected chi connectivity index (χ1v) is 49.5. The minimum absolute atomic E-state index is 0. The molecule has 764 valence electrons. The van der Waals surface area contributed by atoms with E-state index in [1.54, 1.807) is 0 Å². The molecule has 139 heavy (non-hydrogen) atoms. The summed E-state index contributed by atoms with van der Waals surface area (Å²) in [6.45, 7) is 33.4. The average Bonchev–Trinajstić information content (AvgIpc) is 1.65. The quantitative estimate of drug-likeness (QED) is 0.00367. The smallest absolute Gasteiger partial charge is 0.870 e. The second-order valence-corrected chi connectivity index (χ2v) is 35.3. The van der Waals surface area contributed by atoms with Gasteiger partial charge in [-0.05, 0) is 245 Å². The van der Waals surface area contributed by atoms with E-state index in [0.717, 1.165) is 130 Å². The molecule has 1 saturated heterocycles. The molecule has 0 saturated carbocycles. The van der Waals surface area contributed by atoms with Crippen LogP contribution in [0.2, 0.25) is 0 Å². The van der Waals surface area contributed by atoms with E-state index in [4.69, 9.17) is 44.2 Å². The van der Waals surface area contributed by atoms with Crippen molar-refractivity contribution in [1.82, 2.24) is 0 Å². The maximum absolute atomic E-state index is 12.2. The van der Waals surface area contributed by atoms with Crippen molar-refractivity contribution in [2.24, 2.45) is 0 Å². The minimum atomic E-state index is -5.73. The van der Waals surface area contributed by atoms with Gasteiger partial charge in [-0.3, -0.25) is 28.8 Å². The molecule has 7 rings (SSSR count). The van der Waals surface area contributed by atoms with Crippen LogP contribution in [0.25, 0.3) is 12.2 Å². The Bertz CT molecular complexity index is 4330. The van der Waals surface area contributed by atoms with E-state index in [1.807, 2.05) is 32.0 Å². The van der Waals surface area contributed by atoms with Crippen LogP contribution >= 0.6 is 0 Å². The molecule has 0 unspecified atom stereocenters. The van der Waals surface area contributed by atoms with E-state index in [0.29, 0.717) is 24.0 Å². The summed E-state index contributed by atoms with van der Waals surface area (Å²) < 4.78 is 92.4. The maximum Gasteiger partial charge on any atom is 1.00 e. The molecule has 6 aromatic rings. The molecule has 0 aromatic heterocycles. The summed E-state index contributed by atoms with van der Waals surface area (Å²) in [5.41, 5.74) is 9.45. The van der Waals surface area contributed by atoms with Crippen LogP contribution in [0, 0.1) is 6.92 Å². The van der Waals surface area contributed by atoms with Gasteiger partial charge in [-0.25, -0.2) is 0 Å². The van der Waals surface area contributed by atoms with Gasteiger partial charge in [0.1, 0.15) is 17.2 Å². The molecule has 23 nitrogen and oxygen atoms in total. The Labute approximate surface area is 887 Å². The number of methoxy groups -OCH3 is 4. The predicted molar refractivity (Wildman–Crippen MR) is 533 cm³/mol. The monoisotopic (exact) mass is 1980 g/mol. The summed E-state index contributed by atoms with van der Waals surface area (Å²) >= 11 is 0. The normalized spacial score (nSPS) is 11.7. The zero-order chi connectivity index (χ0) is 102. The number of carboxylic acids is 2. The van der Waals surface area contributed by atoms with Crippen LogP contribution in [-0.4, -0.2) is 124 Å². The zero-order valence-electron chi connectivity index (χ0n) is 88.1. The minimum Gasteiger partial charge on any atom is -0.870 e. The number of ether oxygens (including phenoxy) is 4. The number of hydrogen-bond donors (Lipinski definition) is 3. The molecule has 1 aliphatic rings. The second-order valence-electron chi connectivity index (χ2n) is 33.8. The first-order valence-electron chi connectivity index (χ1n) is 48.0. The fourth-order valence-corrected chi connectivity index (χ4v) is 14.0. The Morgan fingerprint density at radius 3 is 0.964 bits per heavy atom. The summed E-state index contributed by atoms with van der Waals surface area (Å²) in [7, 11) is -0.590. The zero-order valence-corrected chi connectivity index (χ0v) is 92.9. The molecule has 0 bridgehead atoms. The van der Waals surface area contributed by atoms with Gasteiger partial charge >= 0.3 is 131 Å². The van der Waals surface area contributed by atoms with Crippen LogP contribution in [-0.2, 0) is 154 Å². The van der Waals surface area contributed by atoms with Gasteiger partial charge in [0.15, 0.2) is 0 Å². The van der Waals surface area contributed by atoms with E-state index >= 15 is 0 Å². The molecule has 1 heterocycles. The summed E-state index contributed by atoms with van der Waals surface area (Å²) in [5.74, 6) is -1.75. The van der Waals surface area contributed by atoms with Gasteiger partial charge in [0, 0.05) is 18.5 Å². The van der Waals surface area contributed by atoms with Gasteiger partial charge in [-0.15, -0.1) is 0 Å². The molecule has 6 aromatic carbocycles. The van der Waals surface area contributed by atoms with E-state index in [1.165, 1.54) is 201 Å². The summed E-state index contributed by atoms with van der Waals surface area (Å²) in [6, 6.07) is 33.3. The van der Waals surface area contributed by atoms with Gasteiger partial charge in [0.05, 0.1) is 71.7 Å². The van der Waals surface area contributed by atoms with Crippen LogP contribution in [0.1, 0.15) is 341 Å². The number of esters is 4. The van der Waals surface area contributed by atoms with Crippen molar-refractivity contribution < 1.29 is 202 Å². The maximum atomic E-state index is 12.2. The van der Waals surface area contributed by atoms with Gasteiger partial charge in [0.25, 0.3) is 6.47 Å². The number of allylic oxidation sites excluding steroid dienone is 3. The first-order chi connectivity index (χ1) is 64.1. The Hall–Kier alpha value is -7.53. The third kappa shape index (κ3) is 69.9. The number of halogens is 3. The van der Waals surface area contributed by atoms with Crippen LogP contribution in [0.5, 0.6) is 17.2 Å². The van der Waals surface area contributed by atoms with Crippen LogP contribution in [0.3, 0.4) is 0 Å². The van der Waals surface area contributed by atoms with Crippen molar-refractivity contribution in [3.05, 3.63) is 217 Å². The number of benzene rings is 6. The van der Waals surface area contributed by atoms with Crippen molar-refractivity contribution in [3.63, 3.8) is 0 Å². The molecule has 0 aliphatic carbocycles. The fourth-order valence-electron chi connectivity index (χ4n) is 13.5. The van der Waals surface area contributed by atoms with E-state index in [2.05, 4.69) is 200 Å². The molecule has 0 spiro atoms. The number of unbranched alkanes of at least 4 members (excludes halogenated alkanes) is 15. The third-order valence-electron chi connectivity index (χ3n) is 20.9. The second kappa shape index (κ2) is 84.9. The third-order valence-corrected chi connectivity index (χ3v) is 21.9. The Morgan fingerprint density at radius 1 is 0.417 bits per heavy atom. The van der Waals surface area contributed by atoms with Gasteiger partial charge in [-0.2, -0.15) is 21.6 Å². The Morgan fingerprint density at radius 2 is 0.691 bits per heavy atom. The first kappa shape index (κ1) is 142. The summed E-state index contributed by atoms with van der Waals surface area (Å²) in [6.07, 6.45) is 46.6. The standard InChI is InChI=1S/C19H30O2.C19H26O2.2C18H28O2.C11H21BO2.C11H11F3O5S.C9H10O4.C2H6.CH2O3.Li.2Na.H2O/c2*1-4-6-8-10-16-12-17(11-9-7-5-2)14-18(13-16)15-19(20)21-3;2*1-3-5-7-9-15-11-16(10-8-6-4-2)13-17(12-15)14-18(19)20;1-6-7-8-9-12-13-10(2,3)11(4,5)14-12;1-7-3-8(6-10(15)18-2)5-9(4-7)19-20(16,17)11(12,13)14;1-13-9(12)4-6-2-7(10)5-8(11)3-6;1-2;2-1-4-3;;;;/h12-14H,4-11,15H2,1-3H3;8-14H,4-7,15H2,1-3H3;2*11-13H,3-10,14H2,1-2H3,(H,19,20);8-9H,6-7H2,1-5H3;3-5H,6H2,1-2H3;2-3,5,10-11H,4H2,1H3;1-2H3;1,3H;;;;1H2/q;;;;;;;;;3*+1;/p-3/b;10-8+,11-9+;;;9-8+;;;;;;;;. The number of carboxylic acid groups (broad SMARTS) is 2. The largest absolute Gasteiger partial charge is 1.00 e. The molecule has 31 heteroatoms. The van der Waals surface area contributed by atoms with Crippen molar-refractivity contribution in [3.8, 4) is 17.2 Å². The molecule has 0 atom stereocenters. The molecule has 0 amide bonds. The van der Waals surface area contributed by atoms with Crippen molar-refractivity contribution in [1.29, 1.82) is 0 Å². The topological polar surface area (TPSA) is 364 Å². The number of carbonyl (C=O) groups excluding carboxylic acids is 6. The van der Waals surface area contributed by atoms with Crippen molar-refractivity contribution in [2.75, 3.05) is 28.4 Å². The fraction of sp³-hybridized carbons (Fsp3) is 0.546. The molecule has 1 aliphatic heterocycles. The van der Waals surface area contributed by atoms with Crippen LogP contribution in [0.4, 0.5) is 13.2 Å². The number of carbonyl (C=O) groups is 7. The van der Waals surface area contributed by atoms with Crippen molar-refractivity contribution >= 4 is 71.7 Å². The Kier molecular flexibility index (Phi) is 86.9. The number of hydrogen-bond acceptors (Lipinski definition) is 22. The molecule has 1 fully saturated rings. The Balaban J connectivity index is -0.000000367. The number of aromatic hydroxyl groups is 2. The van der Waals surface area contributed by atoms with Gasteiger partial charge in [-0.1, -0.05) is 282 Å². The predicted octanol–water partition coefficient (Wildman–Crippen LogP) is 14.1. The molecule has 4 N–H and O–H groups in total. The number of phenolic OH excluding ortho intramolecular Hbond substituents is 2. The number of aliphatic carboxylic acids is 2. The van der Waals surface area contributed by atoms with Crippen LogP contribution < -0.4 is 92.5 Å². The summed E-state index contributed by atoms with van der Waals surface area (Å²) in [5, 5.41) is 46.3. The van der Waals surface area contributed by atoms with Gasteiger partial charge in [0.2, 0.25) is 0 Å². The SMILES string of the molecule is CC.CCC/C=C/B1OC(C)(C)C(C)(C)O1.CCC/C=C/c1cc(/C=C/CCC)cc(CC(=O)OC)c1.CCCCCc1cc(CCCCC)cc(CC(=O)O)c1.CCCCCc1cc(CCCCC)cc(CC(=O)OC)c1.CCCCCc1cc(CCCCC)cc(CC(=O)[O-])c1.COC(=O)Cc1cc(C)cc(OS(=O)(=O)C(F)(F)F)c1.COC(=O)Cc1cc(O)cc(O)c1.O=CO[O-].[Li+].[Na+].[Na+].[OH-]. The van der Waals surface area contributed by atoms with Gasteiger partial charge < -0.3 is 73.3 Å². The molecule has 0 radical (unpaired) electrons.